The van der Waals surface area contributed by atoms with Gasteiger partial charge < -0.3 is 42.1 Å². The van der Waals surface area contributed by atoms with E-state index in [-0.39, 0.29) is 6.42 Å². The fourth-order valence-corrected chi connectivity index (χ4v) is 2.62. The van der Waals surface area contributed by atoms with E-state index in [1.807, 2.05) is 0 Å². The second-order valence-corrected chi connectivity index (χ2v) is 7.41. The summed E-state index contributed by atoms with van der Waals surface area (Å²) in [6, 6.07) is -5.61. The Morgan fingerprint density at radius 1 is 0.931 bits per heavy atom. The number of aliphatic carboxylic acids is 1. The highest BCUT2D eigenvalue weighted by molar-refractivity contribution is 7.98. The zero-order valence-electron chi connectivity index (χ0n) is 16.5. The Labute approximate surface area is 172 Å². The van der Waals surface area contributed by atoms with Crippen molar-refractivity contribution in [1.82, 2.24) is 16.0 Å². The molecule has 0 aliphatic heterocycles. The molecule has 168 valence electrons. The van der Waals surface area contributed by atoms with Crippen molar-refractivity contribution in [2.45, 2.75) is 56.6 Å². The summed E-state index contributed by atoms with van der Waals surface area (Å²) in [5, 5.41) is 44.3. The number of nitrogens with one attached hydrogen (secondary N) is 3. The van der Waals surface area contributed by atoms with E-state index < -0.39 is 66.7 Å². The van der Waals surface area contributed by atoms with Gasteiger partial charge in [0.05, 0.1) is 18.8 Å². The Hall–Kier alpha value is -1.93. The molecule has 6 unspecified atom stereocenters. The Morgan fingerprint density at radius 2 is 1.38 bits per heavy atom. The number of carbonyl (C=O) groups is 4. The highest BCUT2D eigenvalue weighted by atomic mass is 32.2. The maximum atomic E-state index is 12.4. The molecule has 0 fully saturated rings. The number of amides is 3. The molecule has 0 bridgehead atoms. The van der Waals surface area contributed by atoms with Crippen LogP contribution < -0.4 is 21.7 Å². The zero-order chi connectivity index (χ0) is 22.7. The van der Waals surface area contributed by atoms with Gasteiger partial charge >= 0.3 is 5.97 Å². The van der Waals surface area contributed by atoms with E-state index in [1.54, 1.807) is 6.26 Å². The second kappa shape index (κ2) is 13.3. The molecule has 0 aliphatic rings. The third-order valence-electron chi connectivity index (χ3n) is 3.88. The number of aliphatic hydroxyl groups is 3. The molecule has 13 heteroatoms. The summed E-state index contributed by atoms with van der Waals surface area (Å²) < 4.78 is 0. The predicted octanol–water partition coefficient (Wildman–Crippen LogP) is -3.64. The minimum absolute atomic E-state index is 0.133. The lowest BCUT2D eigenvalue weighted by molar-refractivity contribution is -0.143. The first-order chi connectivity index (χ1) is 13.5. The van der Waals surface area contributed by atoms with Crippen molar-refractivity contribution in [3.05, 3.63) is 0 Å². The summed E-state index contributed by atoms with van der Waals surface area (Å²) in [4.78, 5) is 47.9. The average Bonchev–Trinajstić information content (AvgIpc) is 2.65. The number of carboxylic acid groups (broad SMARTS) is 1. The number of aliphatic hydroxyl groups excluding tert-OH is 3. The normalized spacial score (nSPS) is 17.2. The van der Waals surface area contributed by atoms with Crippen LogP contribution in [0.5, 0.6) is 0 Å². The Morgan fingerprint density at radius 3 is 1.76 bits per heavy atom. The predicted molar refractivity (Wildman–Crippen MR) is 105 cm³/mol. The molecule has 0 saturated carbocycles. The maximum Gasteiger partial charge on any atom is 0.326 e. The van der Waals surface area contributed by atoms with Gasteiger partial charge in [0.25, 0.3) is 0 Å². The minimum atomic E-state index is -1.54. The summed E-state index contributed by atoms with van der Waals surface area (Å²) >= 11 is 1.39. The van der Waals surface area contributed by atoms with Crippen molar-refractivity contribution in [2.75, 3.05) is 18.6 Å². The van der Waals surface area contributed by atoms with Crippen molar-refractivity contribution in [3.8, 4) is 0 Å². The zero-order valence-corrected chi connectivity index (χ0v) is 17.3. The first-order valence-corrected chi connectivity index (χ1v) is 10.2. The lowest BCUT2D eigenvalue weighted by Crippen LogP contribution is -2.62. The molecule has 0 aromatic rings. The lowest BCUT2D eigenvalue weighted by atomic mass is 10.1. The lowest BCUT2D eigenvalue weighted by Gasteiger charge is -2.27. The van der Waals surface area contributed by atoms with E-state index in [1.165, 1.54) is 25.6 Å². The SMILES string of the molecule is CSCCC(NC(=O)C(NC(=O)C(NC(=O)C(N)CO)C(C)O)C(C)O)C(=O)O. The van der Waals surface area contributed by atoms with Gasteiger partial charge in [-0.2, -0.15) is 11.8 Å². The average molecular weight is 439 g/mol. The third kappa shape index (κ3) is 9.41. The van der Waals surface area contributed by atoms with Gasteiger partial charge in [-0.25, -0.2) is 4.79 Å². The summed E-state index contributed by atoms with van der Waals surface area (Å²) in [6.07, 6.45) is -0.893. The van der Waals surface area contributed by atoms with Gasteiger partial charge in [-0.05, 0) is 32.3 Å². The monoisotopic (exact) mass is 438 g/mol. The van der Waals surface area contributed by atoms with E-state index in [0.29, 0.717) is 5.75 Å². The Balaban J connectivity index is 5.27. The second-order valence-electron chi connectivity index (χ2n) is 6.42. The number of nitrogens with two attached hydrogens (primary N) is 1. The number of rotatable bonds is 13. The van der Waals surface area contributed by atoms with Crippen LogP contribution in [0, 0.1) is 0 Å². The Bertz CT molecular complexity index is 575. The molecule has 0 radical (unpaired) electrons. The Kier molecular flexibility index (Phi) is 12.4. The molecular formula is C16H30N4O8S. The molecule has 0 aromatic heterocycles. The van der Waals surface area contributed by atoms with Crippen LogP contribution in [0.15, 0.2) is 0 Å². The van der Waals surface area contributed by atoms with Crippen LogP contribution in [0.2, 0.25) is 0 Å². The summed E-state index contributed by atoms with van der Waals surface area (Å²) in [5.74, 6) is -3.66. The molecule has 6 atom stereocenters. The number of carboxylic acids is 1. The van der Waals surface area contributed by atoms with Crippen LogP contribution in [-0.4, -0.2) is 99.1 Å². The highest BCUT2D eigenvalue weighted by Gasteiger charge is 2.34. The molecule has 0 spiro atoms. The topological polar surface area (TPSA) is 211 Å². The quantitative estimate of drug-likeness (QED) is 0.141. The summed E-state index contributed by atoms with van der Waals surface area (Å²) in [5.41, 5.74) is 5.35. The standard InChI is InChI=1S/C16H30N4O8S/c1-7(22)11(14(25)18-10(16(27)28)4-5-29-3)20-15(26)12(8(2)23)19-13(24)9(17)6-21/h7-12,21-23H,4-6,17H2,1-3H3,(H,18,25)(H,19,24)(H,20,26)(H,27,28). The molecule has 12 nitrogen and oxygen atoms in total. The number of thioether (sulfide) groups is 1. The van der Waals surface area contributed by atoms with Crippen LogP contribution in [0.4, 0.5) is 0 Å². The summed E-state index contributed by atoms with van der Waals surface area (Å²) in [6.45, 7) is 1.72. The van der Waals surface area contributed by atoms with E-state index in [4.69, 9.17) is 10.8 Å². The van der Waals surface area contributed by atoms with Crippen molar-refractivity contribution < 1.29 is 39.6 Å². The van der Waals surface area contributed by atoms with Crippen molar-refractivity contribution >= 4 is 35.5 Å². The van der Waals surface area contributed by atoms with Gasteiger partial charge in [-0.1, -0.05) is 0 Å². The van der Waals surface area contributed by atoms with E-state index in [2.05, 4.69) is 16.0 Å². The van der Waals surface area contributed by atoms with Crippen LogP contribution in [0.3, 0.4) is 0 Å². The molecule has 0 saturated heterocycles. The fourth-order valence-electron chi connectivity index (χ4n) is 2.15. The molecule has 0 aliphatic carbocycles. The van der Waals surface area contributed by atoms with Gasteiger partial charge in [-0.15, -0.1) is 0 Å². The van der Waals surface area contributed by atoms with Crippen LogP contribution in [-0.2, 0) is 19.2 Å². The first-order valence-electron chi connectivity index (χ1n) is 8.81. The van der Waals surface area contributed by atoms with E-state index >= 15 is 0 Å². The minimum Gasteiger partial charge on any atom is -0.480 e. The summed E-state index contributed by atoms with van der Waals surface area (Å²) in [7, 11) is 0. The molecule has 29 heavy (non-hydrogen) atoms. The maximum absolute atomic E-state index is 12.4. The largest absolute Gasteiger partial charge is 0.480 e. The molecule has 9 N–H and O–H groups in total. The van der Waals surface area contributed by atoms with Crippen molar-refractivity contribution in [2.24, 2.45) is 5.73 Å². The fraction of sp³-hybridized carbons (Fsp3) is 0.750. The van der Waals surface area contributed by atoms with Crippen LogP contribution in [0.25, 0.3) is 0 Å². The highest BCUT2D eigenvalue weighted by Crippen LogP contribution is 2.04. The molecule has 3 amide bonds. The van der Waals surface area contributed by atoms with Gasteiger partial charge in [0.2, 0.25) is 17.7 Å². The van der Waals surface area contributed by atoms with Gasteiger partial charge in [0.1, 0.15) is 24.2 Å². The van der Waals surface area contributed by atoms with E-state index in [0.717, 1.165) is 0 Å². The number of carbonyl (C=O) groups excluding carboxylic acids is 3. The third-order valence-corrected chi connectivity index (χ3v) is 4.53. The van der Waals surface area contributed by atoms with Gasteiger partial charge in [-0.3, -0.25) is 14.4 Å². The van der Waals surface area contributed by atoms with Crippen LogP contribution in [0.1, 0.15) is 20.3 Å². The molecular weight excluding hydrogens is 408 g/mol. The molecule has 0 rings (SSSR count). The smallest absolute Gasteiger partial charge is 0.326 e. The van der Waals surface area contributed by atoms with E-state index in [9.17, 15) is 34.5 Å². The molecule has 0 aromatic carbocycles. The molecule has 0 heterocycles. The van der Waals surface area contributed by atoms with Crippen LogP contribution >= 0.6 is 11.8 Å². The van der Waals surface area contributed by atoms with Crippen molar-refractivity contribution in [1.29, 1.82) is 0 Å². The van der Waals surface area contributed by atoms with Gasteiger partial charge in [0, 0.05) is 0 Å². The van der Waals surface area contributed by atoms with Gasteiger partial charge in [0.15, 0.2) is 0 Å². The number of hydrogen-bond donors (Lipinski definition) is 8. The van der Waals surface area contributed by atoms with Crippen molar-refractivity contribution in [3.63, 3.8) is 0 Å². The number of hydrogen-bond acceptors (Lipinski definition) is 9. The first kappa shape index (κ1) is 27.1.